The van der Waals surface area contributed by atoms with Gasteiger partial charge in [-0.05, 0) is 19.1 Å². The summed E-state index contributed by atoms with van der Waals surface area (Å²) in [7, 11) is -3.46. The third-order valence-corrected chi connectivity index (χ3v) is 5.45. The third kappa shape index (κ3) is 3.99. The minimum atomic E-state index is -3.46. The second-order valence-electron chi connectivity index (χ2n) is 5.03. The van der Waals surface area contributed by atoms with Crippen LogP contribution in [0.4, 0.5) is 5.69 Å². The van der Waals surface area contributed by atoms with E-state index in [4.69, 9.17) is 4.74 Å². The fourth-order valence-corrected chi connectivity index (χ4v) is 3.90. The van der Waals surface area contributed by atoms with Gasteiger partial charge in [-0.3, -0.25) is 15.0 Å². The van der Waals surface area contributed by atoms with Crippen LogP contribution in [0.25, 0.3) is 0 Å². The average molecular weight is 314 g/mol. The Balaban J connectivity index is 2.08. The number of hydrogen-bond acceptors (Lipinski definition) is 6. The maximum absolute atomic E-state index is 12.3. The van der Waals surface area contributed by atoms with Crippen LogP contribution in [0.3, 0.4) is 0 Å². The van der Waals surface area contributed by atoms with E-state index in [1.165, 1.54) is 24.3 Å². The van der Waals surface area contributed by atoms with Crippen molar-refractivity contribution in [1.82, 2.24) is 4.90 Å². The summed E-state index contributed by atoms with van der Waals surface area (Å²) in [5.41, 5.74) is -0.116. The molecule has 0 radical (unpaired) electrons. The molecule has 1 aliphatic heterocycles. The van der Waals surface area contributed by atoms with Crippen LogP contribution < -0.4 is 0 Å². The van der Waals surface area contributed by atoms with E-state index in [-0.39, 0.29) is 22.4 Å². The molecule has 0 unspecified atom stereocenters. The predicted octanol–water partition coefficient (Wildman–Crippen LogP) is 1.09. The molecule has 1 aromatic carbocycles. The highest BCUT2D eigenvalue weighted by Gasteiger charge is 2.24. The van der Waals surface area contributed by atoms with Crippen LogP contribution in [0, 0.1) is 10.1 Å². The lowest BCUT2D eigenvalue weighted by molar-refractivity contribution is -0.384. The molecule has 0 aromatic heterocycles. The van der Waals surface area contributed by atoms with Gasteiger partial charge in [0.1, 0.15) is 0 Å². The molecule has 0 saturated carbocycles. The fourth-order valence-electron chi connectivity index (χ4n) is 2.31. The maximum Gasteiger partial charge on any atom is 0.269 e. The van der Waals surface area contributed by atoms with E-state index >= 15 is 0 Å². The van der Waals surface area contributed by atoms with E-state index in [2.05, 4.69) is 4.90 Å². The van der Waals surface area contributed by atoms with Crippen molar-refractivity contribution in [2.75, 3.05) is 32.1 Å². The number of hydrogen-bond donors (Lipinski definition) is 0. The molecule has 7 nitrogen and oxygen atoms in total. The fraction of sp³-hybridized carbons (Fsp3) is 0.538. The number of nitro groups is 1. The molecule has 116 valence electrons. The zero-order chi connectivity index (χ0) is 15.5. The lowest BCUT2D eigenvalue weighted by Crippen LogP contribution is -2.45. The highest BCUT2D eigenvalue weighted by molar-refractivity contribution is 7.91. The van der Waals surface area contributed by atoms with Gasteiger partial charge in [0.05, 0.1) is 28.8 Å². The Morgan fingerprint density at radius 1 is 1.29 bits per heavy atom. The summed E-state index contributed by atoms with van der Waals surface area (Å²) in [6, 6.07) is 4.89. The lowest BCUT2D eigenvalue weighted by atomic mass is 10.3. The van der Waals surface area contributed by atoms with Gasteiger partial charge in [0.15, 0.2) is 9.84 Å². The molecule has 1 atom stereocenters. The summed E-state index contributed by atoms with van der Waals surface area (Å²) >= 11 is 0. The number of benzene rings is 1. The van der Waals surface area contributed by atoms with Crippen molar-refractivity contribution in [3.63, 3.8) is 0 Å². The first kappa shape index (κ1) is 15.9. The van der Waals surface area contributed by atoms with Crippen LogP contribution in [-0.4, -0.2) is 56.3 Å². The van der Waals surface area contributed by atoms with Crippen LogP contribution in [0.2, 0.25) is 0 Å². The Bertz CT molecular complexity index is 593. The molecule has 0 bridgehead atoms. The molecular weight excluding hydrogens is 296 g/mol. The molecule has 1 aliphatic rings. The Morgan fingerprint density at radius 2 is 1.86 bits per heavy atom. The number of nitrogens with zero attached hydrogens (tertiary/aromatic N) is 2. The van der Waals surface area contributed by atoms with Gasteiger partial charge in [0.25, 0.3) is 5.69 Å². The standard InChI is InChI=1S/C13H18N2O5S/c1-11(14-6-8-20-9-7-14)10-21(18,19)13-4-2-12(3-5-13)15(16)17/h2-5,11H,6-10H2,1H3/t11-/m1/s1. The van der Waals surface area contributed by atoms with Gasteiger partial charge in [-0.15, -0.1) is 0 Å². The van der Waals surface area contributed by atoms with Crippen molar-refractivity contribution >= 4 is 15.5 Å². The van der Waals surface area contributed by atoms with Gasteiger partial charge in [0.2, 0.25) is 0 Å². The Hall–Kier alpha value is -1.51. The number of sulfone groups is 1. The highest BCUT2D eigenvalue weighted by atomic mass is 32.2. The normalized spacial score (nSPS) is 18.3. The van der Waals surface area contributed by atoms with E-state index in [0.717, 1.165) is 13.1 Å². The van der Waals surface area contributed by atoms with Gasteiger partial charge in [-0.25, -0.2) is 8.42 Å². The van der Waals surface area contributed by atoms with Crippen molar-refractivity contribution < 1.29 is 18.1 Å². The summed E-state index contributed by atoms with van der Waals surface area (Å²) < 4.78 is 29.9. The van der Waals surface area contributed by atoms with Crippen molar-refractivity contribution in [3.05, 3.63) is 34.4 Å². The second-order valence-corrected chi connectivity index (χ2v) is 7.06. The predicted molar refractivity (Wildman–Crippen MR) is 77.0 cm³/mol. The highest BCUT2D eigenvalue weighted by Crippen LogP contribution is 2.18. The molecule has 8 heteroatoms. The smallest absolute Gasteiger partial charge is 0.269 e. The molecule has 2 rings (SSSR count). The number of rotatable bonds is 5. The molecule has 21 heavy (non-hydrogen) atoms. The van der Waals surface area contributed by atoms with Crippen LogP contribution in [-0.2, 0) is 14.6 Å². The SMILES string of the molecule is C[C@H](CS(=O)(=O)c1ccc([N+](=O)[O-])cc1)N1CCOCC1. The van der Waals surface area contributed by atoms with Crippen LogP contribution >= 0.6 is 0 Å². The molecule has 1 fully saturated rings. The number of non-ortho nitro benzene ring substituents is 1. The quantitative estimate of drug-likeness (QED) is 0.597. The molecule has 1 heterocycles. The van der Waals surface area contributed by atoms with E-state index in [0.29, 0.717) is 13.2 Å². The number of ether oxygens (including phenoxy) is 1. The summed E-state index contributed by atoms with van der Waals surface area (Å²) in [6.45, 7) is 4.53. The molecular formula is C13H18N2O5S. The second kappa shape index (κ2) is 6.50. The molecule has 1 aromatic rings. The van der Waals surface area contributed by atoms with Crippen molar-refractivity contribution in [1.29, 1.82) is 0 Å². The summed E-state index contributed by atoms with van der Waals surface area (Å²) in [5, 5.41) is 10.6. The van der Waals surface area contributed by atoms with E-state index in [9.17, 15) is 18.5 Å². The molecule has 0 N–H and O–H groups in total. The van der Waals surface area contributed by atoms with E-state index < -0.39 is 14.8 Å². The Morgan fingerprint density at radius 3 is 2.38 bits per heavy atom. The van der Waals surface area contributed by atoms with Gasteiger partial charge in [0, 0.05) is 31.3 Å². The summed E-state index contributed by atoms with van der Waals surface area (Å²) in [4.78, 5) is 12.2. The largest absolute Gasteiger partial charge is 0.379 e. The van der Waals surface area contributed by atoms with Crippen LogP contribution in [0.5, 0.6) is 0 Å². The first-order chi connectivity index (χ1) is 9.90. The van der Waals surface area contributed by atoms with E-state index in [1.54, 1.807) is 0 Å². The van der Waals surface area contributed by atoms with Gasteiger partial charge < -0.3 is 4.74 Å². The zero-order valence-corrected chi connectivity index (χ0v) is 12.6. The Labute approximate surface area is 123 Å². The Kier molecular flexibility index (Phi) is 4.92. The van der Waals surface area contributed by atoms with Crippen molar-refractivity contribution in [3.8, 4) is 0 Å². The summed E-state index contributed by atoms with van der Waals surface area (Å²) in [6.07, 6.45) is 0. The van der Waals surface area contributed by atoms with Crippen LogP contribution in [0.15, 0.2) is 29.2 Å². The van der Waals surface area contributed by atoms with Crippen LogP contribution in [0.1, 0.15) is 6.92 Å². The monoisotopic (exact) mass is 314 g/mol. The molecule has 1 saturated heterocycles. The maximum atomic E-state index is 12.3. The topological polar surface area (TPSA) is 89.8 Å². The van der Waals surface area contributed by atoms with Gasteiger partial charge in [-0.2, -0.15) is 0 Å². The first-order valence-corrected chi connectivity index (χ1v) is 8.34. The van der Waals surface area contributed by atoms with Gasteiger partial charge >= 0.3 is 0 Å². The lowest BCUT2D eigenvalue weighted by Gasteiger charge is -2.32. The minimum absolute atomic E-state index is 0.00912. The summed E-state index contributed by atoms with van der Waals surface area (Å²) in [5.74, 6) is -0.00912. The van der Waals surface area contributed by atoms with Crippen molar-refractivity contribution in [2.45, 2.75) is 17.9 Å². The van der Waals surface area contributed by atoms with Gasteiger partial charge in [-0.1, -0.05) is 0 Å². The first-order valence-electron chi connectivity index (χ1n) is 6.69. The number of nitro benzene ring substituents is 1. The van der Waals surface area contributed by atoms with E-state index in [1.807, 2.05) is 6.92 Å². The molecule has 0 aliphatic carbocycles. The third-order valence-electron chi connectivity index (χ3n) is 3.54. The average Bonchev–Trinajstić information content (AvgIpc) is 2.48. The number of morpholine rings is 1. The minimum Gasteiger partial charge on any atom is -0.379 e. The molecule has 0 amide bonds. The van der Waals surface area contributed by atoms with Crippen molar-refractivity contribution in [2.24, 2.45) is 0 Å². The molecule has 0 spiro atoms. The zero-order valence-electron chi connectivity index (χ0n) is 11.8.